The molecule has 0 saturated carbocycles. The summed E-state index contributed by atoms with van der Waals surface area (Å²) in [5, 5.41) is 0. The Morgan fingerprint density at radius 1 is 0.640 bits per heavy atom. The lowest BCUT2D eigenvalue weighted by molar-refractivity contribution is 0.521. The van der Waals surface area contributed by atoms with Crippen LogP contribution >= 0.6 is 12.4 Å². The van der Waals surface area contributed by atoms with Gasteiger partial charge < -0.3 is 5.73 Å². The van der Waals surface area contributed by atoms with Crippen molar-refractivity contribution >= 4 is 12.4 Å². The number of benzene rings is 1. The van der Waals surface area contributed by atoms with Crippen molar-refractivity contribution in [3.05, 3.63) is 35.9 Å². The molecule has 1 unspecified atom stereocenters. The first-order chi connectivity index (χ1) is 11.8. The van der Waals surface area contributed by atoms with Gasteiger partial charge in [0, 0.05) is 6.04 Å². The highest BCUT2D eigenvalue weighted by Crippen LogP contribution is 2.18. The summed E-state index contributed by atoms with van der Waals surface area (Å²) in [6, 6.07) is 10.7. The third kappa shape index (κ3) is 14.3. The van der Waals surface area contributed by atoms with Gasteiger partial charge in [0.15, 0.2) is 0 Å². The van der Waals surface area contributed by atoms with Crippen LogP contribution in [0.3, 0.4) is 0 Å². The van der Waals surface area contributed by atoms with E-state index in [2.05, 4.69) is 37.3 Å². The minimum atomic E-state index is 0. The number of rotatable bonds is 16. The van der Waals surface area contributed by atoms with Crippen LogP contribution in [-0.4, -0.2) is 0 Å². The smallest absolute Gasteiger partial charge is 0.0294 e. The monoisotopic (exact) mass is 367 g/mol. The van der Waals surface area contributed by atoms with E-state index >= 15 is 0 Å². The first-order valence-corrected chi connectivity index (χ1v) is 10.6. The molecule has 1 aromatic rings. The molecule has 0 aliphatic rings. The van der Waals surface area contributed by atoms with Gasteiger partial charge in [-0.3, -0.25) is 0 Å². The fourth-order valence-corrected chi connectivity index (χ4v) is 3.43. The van der Waals surface area contributed by atoms with E-state index in [1.807, 2.05) is 0 Å². The minimum Gasteiger partial charge on any atom is -0.324 e. The second-order valence-electron chi connectivity index (χ2n) is 7.40. The molecule has 1 atom stereocenters. The van der Waals surface area contributed by atoms with Crippen molar-refractivity contribution in [2.45, 2.75) is 109 Å². The Morgan fingerprint density at radius 3 is 1.48 bits per heavy atom. The molecule has 146 valence electrons. The van der Waals surface area contributed by atoms with Gasteiger partial charge in [-0.05, 0) is 12.0 Å². The van der Waals surface area contributed by atoms with Gasteiger partial charge in [-0.2, -0.15) is 0 Å². The Kier molecular flexibility index (Phi) is 17.9. The summed E-state index contributed by atoms with van der Waals surface area (Å²) < 4.78 is 0. The molecule has 0 heterocycles. The molecule has 0 aromatic heterocycles. The number of hydrogen-bond donors (Lipinski definition) is 1. The van der Waals surface area contributed by atoms with Gasteiger partial charge in [-0.1, -0.05) is 127 Å². The van der Waals surface area contributed by atoms with Crippen molar-refractivity contribution in [1.29, 1.82) is 0 Å². The van der Waals surface area contributed by atoms with Gasteiger partial charge in [0.05, 0.1) is 0 Å². The molecular weight excluding hydrogens is 326 g/mol. The second kappa shape index (κ2) is 18.3. The number of halogens is 1. The predicted molar refractivity (Wildman–Crippen MR) is 116 cm³/mol. The third-order valence-electron chi connectivity index (χ3n) is 5.10. The third-order valence-corrected chi connectivity index (χ3v) is 5.10. The predicted octanol–water partition coefficient (Wildman–Crippen LogP) is 7.98. The van der Waals surface area contributed by atoms with Crippen molar-refractivity contribution in [2.24, 2.45) is 5.73 Å². The maximum atomic E-state index is 6.24. The summed E-state index contributed by atoms with van der Waals surface area (Å²) in [5.41, 5.74) is 7.53. The Labute approximate surface area is 163 Å². The van der Waals surface area contributed by atoms with Gasteiger partial charge in [0.1, 0.15) is 0 Å². The highest BCUT2D eigenvalue weighted by atomic mass is 35.5. The van der Waals surface area contributed by atoms with Crippen molar-refractivity contribution in [2.75, 3.05) is 0 Å². The van der Waals surface area contributed by atoms with Crippen molar-refractivity contribution in [3.63, 3.8) is 0 Å². The molecule has 1 nitrogen and oxygen atoms in total. The van der Waals surface area contributed by atoms with Crippen LogP contribution in [0.4, 0.5) is 0 Å². The van der Waals surface area contributed by atoms with E-state index in [4.69, 9.17) is 5.73 Å². The Morgan fingerprint density at radius 2 is 1.04 bits per heavy atom. The maximum Gasteiger partial charge on any atom is 0.0294 e. The van der Waals surface area contributed by atoms with Gasteiger partial charge in [-0.25, -0.2) is 0 Å². The normalized spacial score (nSPS) is 11.9. The Bertz CT molecular complexity index is 366. The highest BCUT2D eigenvalue weighted by molar-refractivity contribution is 5.85. The van der Waals surface area contributed by atoms with Gasteiger partial charge >= 0.3 is 0 Å². The van der Waals surface area contributed by atoms with Crippen LogP contribution in [0.1, 0.15) is 115 Å². The van der Waals surface area contributed by atoms with Gasteiger partial charge in [0.2, 0.25) is 0 Å². The van der Waals surface area contributed by atoms with Crippen molar-refractivity contribution < 1.29 is 0 Å². The van der Waals surface area contributed by atoms with E-state index in [1.165, 1.54) is 95.5 Å². The summed E-state index contributed by atoms with van der Waals surface area (Å²) in [4.78, 5) is 0. The second-order valence-corrected chi connectivity index (χ2v) is 7.40. The molecule has 0 radical (unpaired) electrons. The zero-order valence-electron chi connectivity index (χ0n) is 16.6. The van der Waals surface area contributed by atoms with Crippen molar-refractivity contribution in [1.82, 2.24) is 0 Å². The molecule has 0 aliphatic carbocycles. The summed E-state index contributed by atoms with van der Waals surface area (Å²) in [6.07, 6.45) is 20.9. The molecule has 25 heavy (non-hydrogen) atoms. The zero-order valence-corrected chi connectivity index (χ0v) is 17.4. The lowest BCUT2D eigenvalue weighted by Gasteiger charge is -2.11. The quantitative estimate of drug-likeness (QED) is 0.294. The molecule has 1 rings (SSSR count). The average molecular weight is 368 g/mol. The lowest BCUT2D eigenvalue weighted by atomic mass is 10.00. The van der Waals surface area contributed by atoms with E-state index in [-0.39, 0.29) is 18.4 Å². The summed E-state index contributed by atoms with van der Waals surface area (Å²) in [5.74, 6) is 0. The van der Waals surface area contributed by atoms with Crippen LogP contribution in [0.25, 0.3) is 0 Å². The fourth-order valence-electron chi connectivity index (χ4n) is 3.43. The van der Waals surface area contributed by atoms with Crippen LogP contribution in [0, 0.1) is 0 Å². The molecule has 0 spiro atoms. The van der Waals surface area contributed by atoms with E-state index in [9.17, 15) is 0 Å². The highest BCUT2D eigenvalue weighted by Gasteiger charge is 2.04. The first kappa shape index (κ1) is 24.5. The summed E-state index contributed by atoms with van der Waals surface area (Å²) in [6.45, 7) is 2.29. The maximum absolute atomic E-state index is 6.24. The molecule has 0 bridgehead atoms. The van der Waals surface area contributed by atoms with Gasteiger partial charge in [0.25, 0.3) is 0 Å². The SMILES string of the molecule is CCCCCCCCCCCCCCCCC(N)c1ccccc1.Cl. The lowest BCUT2D eigenvalue weighted by Crippen LogP contribution is -2.09. The molecule has 2 heteroatoms. The summed E-state index contributed by atoms with van der Waals surface area (Å²) >= 11 is 0. The van der Waals surface area contributed by atoms with E-state index in [0.717, 1.165) is 6.42 Å². The number of unbranched alkanes of at least 4 members (excludes halogenated alkanes) is 13. The van der Waals surface area contributed by atoms with Crippen molar-refractivity contribution in [3.8, 4) is 0 Å². The molecule has 0 aliphatic heterocycles. The van der Waals surface area contributed by atoms with Gasteiger partial charge in [-0.15, -0.1) is 12.4 Å². The minimum absolute atomic E-state index is 0. The van der Waals surface area contributed by atoms with E-state index in [0.29, 0.717) is 0 Å². The Balaban J connectivity index is 0.00000576. The van der Waals surface area contributed by atoms with Crippen LogP contribution in [0.2, 0.25) is 0 Å². The first-order valence-electron chi connectivity index (χ1n) is 10.6. The molecule has 0 amide bonds. The standard InChI is InChI=1S/C23H41N.ClH/c1-2-3-4-5-6-7-8-9-10-11-12-13-14-18-21-23(24)22-19-16-15-17-20-22;/h15-17,19-20,23H,2-14,18,21,24H2,1H3;1H. The number of hydrogen-bond acceptors (Lipinski definition) is 1. The molecule has 0 saturated heterocycles. The van der Waals surface area contributed by atoms with E-state index in [1.54, 1.807) is 0 Å². The zero-order chi connectivity index (χ0) is 17.3. The summed E-state index contributed by atoms with van der Waals surface area (Å²) in [7, 11) is 0. The van der Waals surface area contributed by atoms with Crippen LogP contribution in [0.15, 0.2) is 30.3 Å². The Hall–Kier alpha value is -0.530. The molecule has 0 fully saturated rings. The topological polar surface area (TPSA) is 26.0 Å². The van der Waals surface area contributed by atoms with Crippen LogP contribution in [0.5, 0.6) is 0 Å². The molecular formula is C23H42ClN. The average Bonchev–Trinajstić information content (AvgIpc) is 2.62. The van der Waals surface area contributed by atoms with E-state index < -0.39 is 0 Å². The molecule has 2 N–H and O–H groups in total. The number of nitrogens with two attached hydrogens (primary N) is 1. The van der Waals surface area contributed by atoms with Crippen LogP contribution in [-0.2, 0) is 0 Å². The van der Waals surface area contributed by atoms with Crippen LogP contribution < -0.4 is 5.73 Å². The molecule has 1 aromatic carbocycles. The fraction of sp³-hybridized carbons (Fsp3) is 0.739. The largest absolute Gasteiger partial charge is 0.324 e.